The van der Waals surface area contributed by atoms with Crippen molar-refractivity contribution in [3.63, 3.8) is 0 Å². The van der Waals surface area contributed by atoms with E-state index in [4.69, 9.17) is 4.74 Å². The van der Waals surface area contributed by atoms with Crippen LogP contribution in [0.5, 0.6) is 0 Å². The van der Waals surface area contributed by atoms with E-state index in [0.717, 1.165) is 24.9 Å². The van der Waals surface area contributed by atoms with Gasteiger partial charge in [0, 0.05) is 26.7 Å². The Bertz CT molecular complexity index is 354. The van der Waals surface area contributed by atoms with E-state index in [1.54, 1.807) is 12.0 Å². The van der Waals surface area contributed by atoms with Gasteiger partial charge in [-0.3, -0.25) is 0 Å². The monoisotopic (exact) mass is 264 g/mol. The number of methoxy groups -OCH3 is 1. The van der Waals surface area contributed by atoms with Crippen molar-refractivity contribution >= 4 is 6.03 Å². The predicted molar refractivity (Wildman–Crippen MR) is 77.0 cm³/mol. The second kappa shape index (κ2) is 9.39. The Morgan fingerprint density at radius 3 is 2.68 bits per heavy atom. The summed E-state index contributed by atoms with van der Waals surface area (Å²) in [6.07, 6.45) is 2.09. The van der Waals surface area contributed by atoms with Gasteiger partial charge in [0.15, 0.2) is 0 Å². The number of urea groups is 1. The van der Waals surface area contributed by atoms with Crippen molar-refractivity contribution in [3.05, 3.63) is 35.9 Å². The number of benzene rings is 1. The molecule has 4 heteroatoms. The molecular formula is C15H24N2O2. The molecule has 0 heterocycles. The molecule has 0 bridgehead atoms. The summed E-state index contributed by atoms with van der Waals surface area (Å²) in [4.78, 5) is 13.9. The van der Waals surface area contributed by atoms with Crippen LogP contribution in [0, 0.1) is 0 Å². The fraction of sp³-hybridized carbons (Fsp3) is 0.533. The molecule has 0 spiro atoms. The Balaban J connectivity index is 2.53. The SMILES string of the molecule is CCCCNC(=O)N(CCOC)Cc1ccccc1. The first kappa shape index (κ1) is 15.5. The zero-order valence-electron chi connectivity index (χ0n) is 11.9. The molecular weight excluding hydrogens is 240 g/mol. The molecule has 0 atom stereocenters. The van der Waals surface area contributed by atoms with E-state index in [9.17, 15) is 4.79 Å². The Morgan fingerprint density at radius 2 is 2.05 bits per heavy atom. The molecule has 1 aromatic carbocycles. The normalized spacial score (nSPS) is 10.2. The first-order valence-electron chi connectivity index (χ1n) is 6.83. The molecule has 0 fully saturated rings. The average Bonchev–Trinajstić information content (AvgIpc) is 2.44. The lowest BCUT2D eigenvalue weighted by Gasteiger charge is -2.23. The minimum Gasteiger partial charge on any atom is -0.383 e. The van der Waals surface area contributed by atoms with Crippen LogP contribution in [0.15, 0.2) is 30.3 Å². The number of ether oxygens (including phenoxy) is 1. The van der Waals surface area contributed by atoms with Gasteiger partial charge in [0.1, 0.15) is 0 Å². The van der Waals surface area contributed by atoms with E-state index in [1.807, 2.05) is 30.3 Å². The van der Waals surface area contributed by atoms with E-state index in [2.05, 4.69) is 12.2 Å². The molecule has 0 unspecified atom stereocenters. The van der Waals surface area contributed by atoms with Crippen molar-refractivity contribution in [3.8, 4) is 0 Å². The van der Waals surface area contributed by atoms with Crippen molar-refractivity contribution in [2.24, 2.45) is 0 Å². The Kier molecular flexibility index (Phi) is 7.66. The lowest BCUT2D eigenvalue weighted by molar-refractivity contribution is 0.146. The summed E-state index contributed by atoms with van der Waals surface area (Å²) in [5.41, 5.74) is 1.13. The third-order valence-electron chi connectivity index (χ3n) is 2.88. The van der Waals surface area contributed by atoms with Crippen LogP contribution in [0.4, 0.5) is 4.79 Å². The van der Waals surface area contributed by atoms with Gasteiger partial charge in [-0.05, 0) is 12.0 Å². The second-order valence-corrected chi connectivity index (χ2v) is 4.49. The van der Waals surface area contributed by atoms with Gasteiger partial charge in [0.2, 0.25) is 0 Å². The standard InChI is InChI=1S/C15H24N2O2/c1-3-4-10-16-15(18)17(11-12-19-2)13-14-8-6-5-7-9-14/h5-9H,3-4,10-13H2,1-2H3,(H,16,18). The van der Waals surface area contributed by atoms with Gasteiger partial charge in [-0.25, -0.2) is 4.79 Å². The van der Waals surface area contributed by atoms with Crippen LogP contribution in [0.1, 0.15) is 25.3 Å². The van der Waals surface area contributed by atoms with Gasteiger partial charge >= 0.3 is 6.03 Å². The van der Waals surface area contributed by atoms with Crippen LogP contribution in [-0.4, -0.2) is 37.7 Å². The maximum atomic E-state index is 12.1. The summed E-state index contributed by atoms with van der Waals surface area (Å²) >= 11 is 0. The van der Waals surface area contributed by atoms with Crippen molar-refractivity contribution in [1.29, 1.82) is 0 Å². The minimum atomic E-state index is -0.0191. The number of unbranched alkanes of at least 4 members (excludes halogenated alkanes) is 1. The van der Waals surface area contributed by atoms with E-state index < -0.39 is 0 Å². The molecule has 1 rings (SSSR count). The lowest BCUT2D eigenvalue weighted by Crippen LogP contribution is -2.41. The van der Waals surface area contributed by atoms with Crippen molar-refractivity contribution in [1.82, 2.24) is 10.2 Å². The van der Waals surface area contributed by atoms with Crippen molar-refractivity contribution in [2.75, 3.05) is 26.8 Å². The number of rotatable bonds is 8. The number of amides is 2. The molecule has 0 aromatic heterocycles. The van der Waals surface area contributed by atoms with Crippen molar-refractivity contribution in [2.45, 2.75) is 26.3 Å². The van der Waals surface area contributed by atoms with E-state index in [-0.39, 0.29) is 6.03 Å². The number of hydrogen-bond donors (Lipinski definition) is 1. The first-order valence-corrected chi connectivity index (χ1v) is 6.83. The van der Waals surface area contributed by atoms with Gasteiger partial charge in [0.05, 0.1) is 6.61 Å². The van der Waals surface area contributed by atoms with Crippen molar-refractivity contribution < 1.29 is 9.53 Å². The zero-order chi connectivity index (χ0) is 13.9. The summed E-state index contributed by atoms with van der Waals surface area (Å²) in [7, 11) is 1.65. The highest BCUT2D eigenvalue weighted by atomic mass is 16.5. The number of hydrogen-bond acceptors (Lipinski definition) is 2. The fourth-order valence-electron chi connectivity index (χ4n) is 1.74. The summed E-state index contributed by atoms with van der Waals surface area (Å²) in [5, 5.41) is 2.94. The van der Waals surface area contributed by atoms with Crippen LogP contribution >= 0.6 is 0 Å². The third kappa shape index (κ3) is 6.25. The Hall–Kier alpha value is -1.55. The maximum Gasteiger partial charge on any atom is 0.317 e. The van der Waals surface area contributed by atoms with Crippen LogP contribution in [0.2, 0.25) is 0 Å². The molecule has 19 heavy (non-hydrogen) atoms. The first-order chi connectivity index (χ1) is 9.27. The van der Waals surface area contributed by atoms with E-state index in [0.29, 0.717) is 19.7 Å². The quantitative estimate of drug-likeness (QED) is 0.733. The van der Waals surface area contributed by atoms with Gasteiger partial charge < -0.3 is 15.0 Å². The molecule has 2 amide bonds. The molecule has 1 N–H and O–H groups in total. The Labute approximate surface area is 115 Å². The topological polar surface area (TPSA) is 41.6 Å². The molecule has 0 radical (unpaired) electrons. The Morgan fingerprint density at radius 1 is 1.32 bits per heavy atom. The summed E-state index contributed by atoms with van der Waals surface area (Å²) < 4.78 is 5.06. The molecule has 106 valence electrons. The lowest BCUT2D eigenvalue weighted by atomic mass is 10.2. The largest absolute Gasteiger partial charge is 0.383 e. The van der Waals surface area contributed by atoms with Crippen LogP contribution in [0.25, 0.3) is 0 Å². The highest BCUT2D eigenvalue weighted by molar-refractivity contribution is 5.74. The second-order valence-electron chi connectivity index (χ2n) is 4.49. The highest BCUT2D eigenvalue weighted by Gasteiger charge is 2.12. The third-order valence-corrected chi connectivity index (χ3v) is 2.88. The van der Waals surface area contributed by atoms with Gasteiger partial charge in [-0.2, -0.15) is 0 Å². The fourth-order valence-corrected chi connectivity index (χ4v) is 1.74. The highest BCUT2D eigenvalue weighted by Crippen LogP contribution is 2.04. The average molecular weight is 264 g/mol. The van der Waals surface area contributed by atoms with E-state index >= 15 is 0 Å². The number of carbonyl (C=O) groups excluding carboxylic acids is 1. The number of nitrogens with zero attached hydrogens (tertiary/aromatic N) is 1. The molecule has 0 aliphatic rings. The molecule has 0 saturated carbocycles. The smallest absolute Gasteiger partial charge is 0.317 e. The van der Waals surface area contributed by atoms with Crippen LogP contribution < -0.4 is 5.32 Å². The molecule has 1 aromatic rings. The number of carbonyl (C=O) groups is 1. The predicted octanol–water partition coefficient (Wildman–Crippen LogP) is 2.64. The van der Waals surface area contributed by atoms with Gasteiger partial charge in [-0.1, -0.05) is 43.7 Å². The minimum absolute atomic E-state index is 0.0191. The van der Waals surface area contributed by atoms with Gasteiger partial charge in [-0.15, -0.1) is 0 Å². The van der Waals surface area contributed by atoms with E-state index in [1.165, 1.54) is 0 Å². The molecule has 0 aliphatic carbocycles. The zero-order valence-corrected chi connectivity index (χ0v) is 11.9. The maximum absolute atomic E-state index is 12.1. The summed E-state index contributed by atoms with van der Waals surface area (Å²) in [6.45, 7) is 4.60. The summed E-state index contributed by atoms with van der Waals surface area (Å²) in [5.74, 6) is 0. The van der Waals surface area contributed by atoms with Crippen LogP contribution in [-0.2, 0) is 11.3 Å². The molecule has 0 saturated heterocycles. The van der Waals surface area contributed by atoms with Gasteiger partial charge in [0.25, 0.3) is 0 Å². The van der Waals surface area contributed by atoms with Crippen LogP contribution in [0.3, 0.4) is 0 Å². The molecule has 0 aliphatic heterocycles. The number of nitrogens with one attached hydrogen (secondary N) is 1. The molecule has 4 nitrogen and oxygen atoms in total. The summed E-state index contributed by atoms with van der Waals surface area (Å²) in [6, 6.07) is 9.98.